The van der Waals surface area contributed by atoms with E-state index in [1.165, 1.54) is 0 Å². The predicted octanol–water partition coefficient (Wildman–Crippen LogP) is 3.21. The summed E-state index contributed by atoms with van der Waals surface area (Å²) in [6.45, 7) is 5.23. The van der Waals surface area contributed by atoms with Crippen molar-refractivity contribution < 1.29 is 9.53 Å². The van der Waals surface area contributed by atoms with Gasteiger partial charge in [0.2, 0.25) is 5.91 Å². The van der Waals surface area contributed by atoms with Crippen LogP contribution in [0.25, 0.3) is 0 Å². The van der Waals surface area contributed by atoms with Crippen molar-refractivity contribution in [2.75, 3.05) is 18.5 Å². The maximum atomic E-state index is 11.8. The number of nitrogens with one attached hydrogen (secondary N) is 1. The van der Waals surface area contributed by atoms with Gasteiger partial charge >= 0.3 is 0 Å². The number of hydrogen-bond donors (Lipinski definition) is 2. The maximum Gasteiger partial charge on any atom is 0.224 e. The Kier molecular flexibility index (Phi) is 9.86. The molecule has 0 aliphatic rings. The fourth-order valence-electron chi connectivity index (χ4n) is 1.86. The van der Waals surface area contributed by atoms with Crippen LogP contribution in [0, 0.1) is 5.92 Å². The summed E-state index contributed by atoms with van der Waals surface area (Å²) in [7, 11) is 0. The second kappa shape index (κ2) is 10.5. The van der Waals surface area contributed by atoms with Crippen LogP contribution in [0.2, 0.25) is 0 Å². The molecule has 0 aliphatic heterocycles. The van der Waals surface area contributed by atoms with E-state index in [2.05, 4.69) is 19.2 Å². The fraction of sp³-hybridized carbons (Fsp3) is 0.533. The van der Waals surface area contributed by atoms with Gasteiger partial charge in [-0.2, -0.15) is 0 Å². The van der Waals surface area contributed by atoms with E-state index in [0.717, 1.165) is 24.3 Å². The third-order valence-electron chi connectivity index (χ3n) is 3.15. The normalized spacial score (nSPS) is 10.0. The molecule has 1 aromatic carbocycles. The van der Waals surface area contributed by atoms with Gasteiger partial charge in [0.05, 0.1) is 0 Å². The Labute approximate surface area is 127 Å². The molecule has 3 N–H and O–H groups in total. The molecule has 1 aromatic rings. The van der Waals surface area contributed by atoms with E-state index in [1.807, 2.05) is 24.3 Å². The van der Waals surface area contributed by atoms with E-state index >= 15 is 0 Å². The van der Waals surface area contributed by atoms with Crippen LogP contribution in [0.4, 0.5) is 5.69 Å². The summed E-state index contributed by atoms with van der Waals surface area (Å²) in [4.78, 5) is 11.8. The van der Waals surface area contributed by atoms with Gasteiger partial charge in [0.15, 0.2) is 0 Å². The molecule has 0 saturated carbocycles. The van der Waals surface area contributed by atoms with Gasteiger partial charge in [-0.3, -0.25) is 4.79 Å². The van der Waals surface area contributed by atoms with Crippen molar-refractivity contribution in [3.05, 3.63) is 24.3 Å². The highest BCUT2D eigenvalue weighted by Crippen LogP contribution is 2.17. The molecule has 1 rings (SSSR count). The molecule has 5 heteroatoms. The molecule has 20 heavy (non-hydrogen) atoms. The Hall–Kier alpha value is -1.26. The monoisotopic (exact) mass is 300 g/mol. The van der Waals surface area contributed by atoms with Gasteiger partial charge in [0.1, 0.15) is 12.4 Å². The number of amides is 1. The molecule has 4 nitrogen and oxygen atoms in total. The molecule has 0 fully saturated rings. The van der Waals surface area contributed by atoms with Crippen molar-refractivity contribution in [1.29, 1.82) is 0 Å². The number of ether oxygens (including phenoxy) is 1. The highest BCUT2D eigenvalue weighted by atomic mass is 35.5. The number of hydrogen-bond acceptors (Lipinski definition) is 3. The Morgan fingerprint density at radius 1 is 1.25 bits per heavy atom. The van der Waals surface area contributed by atoms with Crippen LogP contribution in [0.15, 0.2) is 24.3 Å². The minimum absolute atomic E-state index is 0. The lowest BCUT2D eigenvalue weighted by molar-refractivity contribution is -0.117. The Bertz CT molecular complexity index is 378. The Balaban J connectivity index is 0.00000361. The smallest absolute Gasteiger partial charge is 0.224 e. The molecule has 0 saturated heterocycles. The molecule has 0 spiro atoms. The molecule has 0 bridgehead atoms. The zero-order valence-corrected chi connectivity index (χ0v) is 13.0. The van der Waals surface area contributed by atoms with E-state index < -0.39 is 0 Å². The van der Waals surface area contributed by atoms with Crippen molar-refractivity contribution in [3.63, 3.8) is 0 Å². The molecule has 0 aliphatic carbocycles. The molecule has 0 radical (unpaired) electrons. The Morgan fingerprint density at radius 2 is 1.85 bits per heavy atom. The van der Waals surface area contributed by atoms with Gasteiger partial charge in [-0.05, 0) is 30.2 Å². The average Bonchev–Trinajstić information content (AvgIpc) is 2.44. The lowest BCUT2D eigenvalue weighted by atomic mass is 9.99. The van der Waals surface area contributed by atoms with E-state index in [0.29, 0.717) is 25.5 Å². The summed E-state index contributed by atoms with van der Waals surface area (Å²) in [5.41, 5.74) is 6.16. The number of nitrogens with two attached hydrogens (primary N) is 1. The standard InChI is InChI=1S/C15H24N2O2.ClH/c1-3-12(4-2)11-15(18)17-13-5-7-14(8-6-13)19-10-9-16;/h5-8,12H,3-4,9-11,16H2,1-2H3,(H,17,18);1H. The maximum absolute atomic E-state index is 11.8. The second-order valence-corrected chi connectivity index (χ2v) is 4.60. The Morgan fingerprint density at radius 3 is 2.35 bits per heavy atom. The zero-order valence-electron chi connectivity index (χ0n) is 12.2. The fourth-order valence-corrected chi connectivity index (χ4v) is 1.86. The van der Waals surface area contributed by atoms with Gasteiger partial charge in [-0.15, -0.1) is 12.4 Å². The van der Waals surface area contributed by atoms with Crippen molar-refractivity contribution in [1.82, 2.24) is 0 Å². The molecule has 0 heterocycles. The first-order chi connectivity index (χ1) is 9.19. The van der Waals surface area contributed by atoms with E-state index in [4.69, 9.17) is 10.5 Å². The highest BCUT2D eigenvalue weighted by molar-refractivity contribution is 5.90. The number of halogens is 1. The van der Waals surface area contributed by atoms with Crippen molar-refractivity contribution in [2.24, 2.45) is 11.7 Å². The van der Waals surface area contributed by atoms with Gasteiger partial charge in [0, 0.05) is 18.7 Å². The number of carbonyl (C=O) groups excluding carboxylic acids is 1. The first-order valence-corrected chi connectivity index (χ1v) is 6.92. The summed E-state index contributed by atoms with van der Waals surface area (Å²) in [5.74, 6) is 1.31. The summed E-state index contributed by atoms with van der Waals surface area (Å²) in [6.07, 6.45) is 2.66. The topological polar surface area (TPSA) is 64.3 Å². The van der Waals surface area contributed by atoms with E-state index in [-0.39, 0.29) is 18.3 Å². The minimum Gasteiger partial charge on any atom is -0.492 e. The lowest BCUT2D eigenvalue weighted by Gasteiger charge is -2.12. The number of rotatable bonds is 8. The van der Waals surface area contributed by atoms with Crippen LogP contribution in [0.5, 0.6) is 5.75 Å². The van der Waals surface area contributed by atoms with Crippen molar-refractivity contribution >= 4 is 24.0 Å². The van der Waals surface area contributed by atoms with E-state index in [9.17, 15) is 4.79 Å². The zero-order chi connectivity index (χ0) is 14.1. The lowest BCUT2D eigenvalue weighted by Crippen LogP contribution is -2.16. The van der Waals surface area contributed by atoms with Crippen LogP contribution in [-0.2, 0) is 4.79 Å². The SMILES string of the molecule is CCC(CC)CC(=O)Nc1ccc(OCCN)cc1.Cl. The van der Waals surface area contributed by atoms with Gasteiger partial charge < -0.3 is 15.8 Å². The van der Waals surface area contributed by atoms with Gasteiger partial charge in [-0.25, -0.2) is 0 Å². The largest absolute Gasteiger partial charge is 0.492 e. The molecular weight excluding hydrogens is 276 g/mol. The third kappa shape index (κ3) is 6.78. The first kappa shape index (κ1) is 18.7. The highest BCUT2D eigenvalue weighted by Gasteiger charge is 2.10. The third-order valence-corrected chi connectivity index (χ3v) is 3.15. The second-order valence-electron chi connectivity index (χ2n) is 4.60. The minimum atomic E-state index is 0. The van der Waals surface area contributed by atoms with Crippen LogP contribution in [0.1, 0.15) is 33.1 Å². The van der Waals surface area contributed by atoms with Crippen LogP contribution in [-0.4, -0.2) is 19.1 Å². The summed E-state index contributed by atoms with van der Waals surface area (Å²) in [6, 6.07) is 7.36. The number of anilines is 1. The molecule has 0 aromatic heterocycles. The summed E-state index contributed by atoms with van der Waals surface area (Å²) >= 11 is 0. The van der Waals surface area contributed by atoms with Crippen LogP contribution < -0.4 is 15.8 Å². The molecular formula is C15H25ClN2O2. The number of benzene rings is 1. The van der Waals surface area contributed by atoms with Crippen LogP contribution >= 0.6 is 12.4 Å². The van der Waals surface area contributed by atoms with Gasteiger partial charge in [0.25, 0.3) is 0 Å². The van der Waals surface area contributed by atoms with Gasteiger partial charge in [-0.1, -0.05) is 26.7 Å². The van der Waals surface area contributed by atoms with Crippen molar-refractivity contribution in [2.45, 2.75) is 33.1 Å². The summed E-state index contributed by atoms with van der Waals surface area (Å²) in [5, 5.41) is 2.91. The number of carbonyl (C=O) groups is 1. The quantitative estimate of drug-likeness (QED) is 0.775. The van der Waals surface area contributed by atoms with Crippen LogP contribution in [0.3, 0.4) is 0 Å². The predicted molar refractivity (Wildman–Crippen MR) is 85.6 cm³/mol. The summed E-state index contributed by atoms with van der Waals surface area (Å²) < 4.78 is 5.38. The van der Waals surface area contributed by atoms with E-state index in [1.54, 1.807) is 0 Å². The molecule has 114 valence electrons. The first-order valence-electron chi connectivity index (χ1n) is 6.92. The molecule has 1 amide bonds. The molecule has 0 atom stereocenters. The van der Waals surface area contributed by atoms with Crippen molar-refractivity contribution in [3.8, 4) is 5.75 Å². The average molecular weight is 301 g/mol. The molecule has 0 unspecified atom stereocenters.